The van der Waals surface area contributed by atoms with Crippen LogP contribution in [0.5, 0.6) is 0 Å². The van der Waals surface area contributed by atoms with Crippen LogP contribution in [-0.2, 0) is 13.0 Å². The smallest absolute Gasteiger partial charge is 0.276 e. The zero-order valence-electron chi connectivity index (χ0n) is 14.5. The topological polar surface area (TPSA) is 68.7 Å². The number of hydrogen-bond donors (Lipinski definition) is 2. The standard InChI is InChI=1S/C19H26N4O2/c24-19(21-25)13-7-14-10-22(6-5-17(14)20-9-13)11-18-12-1-2-16(8-12)23(18)15-3-4-15/h7,9,12,15-16,18,25H,1-6,8,10-11H2,(H,21,24). The fourth-order valence-electron chi connectivity index (χ4n) is 5.40. The van der Waals surface area contributed by atoms with Gasteiger partial charge in [0.05, 0.1) is 5.56 Å². The second kappa shape index (κ2) is 6.04. The quantitative estimate of drug-likeness (QED) is 0.642. The van der Waals surface area contributed by atoms with Gasteiger partial charge in [-0.1, -0.05) is 0 Å². The Morgan fingerprint density at radius 2 is 2.12 bits per heavy atom. The van der Waals surface area contributed by atoms with Gasteiger partial charge >= 0.3 is 0 Å². The Labute approximate surface area is 148 Å². The largest absolute Gasteiger partial charge is 0.297 e. The van der Waals surface area contributed by atoms with Crippen molar-refractivity contribution in [1.82, 2.24) is 20.3 Å². The van der Waals surface area contributed by atoms with Gasteiger partial charge in [0.15, 0.2) is 0 Å². The lowest BCUT2D eigenvalue weighted by Crippen LogP contribution is -2.49. The highest BCUT2D eigenvalue weighted by molar-refractivity contribution is 5.93. The van der Waals surface area contributed by atoms with Gasteiger partial charge in [-0.05, 0) is 49.7 Å². The average molecular weight is 342 g/mol. The molecule has 3 heterocycles. The lowest BCUT2D eigenvalue weighted by atomic mass is 9.96. The summed E-state index contributed by atoms with van der Waals surface area (Å²) in [4.78, 5) is 21.5. The van der Waals surface area contributed by atoms with Gasteiger partial charge in [0.1, 0.15) is 0 Å². The molecule has 2 N–H and O–H groups in total. The highest BCUT2D eigenvalue weighted by Crippen LogP contribution is 2.48. The van der Waals surface area contributed by atoms with Crippen LogP contribution in [-0.4, -0.2) is 57.1 Å². The number of carbonyl (C=O) groups is 1. The van der Waals surface area contributed by atoms with Crippen molar-refractivity contribution in [2.45, 2.75) is 63.2 Å². The molecule has 0 aromatic carbocycles. The minimum atomic E-state index is -0.486. The van der Waals surface area contributed by atoms with Gasteiger partial charge in [-0.2, -0.15) is 0 Å². The first-order chi connectivity index (χ1) is 12.2. The van der Waals surface area contributed by atoms with Gasteiger partial charge in [0.25, 0.3) is 5.91 Å². The molecule has 1 aromatic heterocycles. The van der Waals surface area contributed by atoms with Crippen molar-refractivity contribution in [3.8, 4) is 0 Å². The number of fused-ring (bicyclic) bond motifs is 3. The normalized spacial score (nSPS) is 32.0. The molecule has 6 heteroatoms. The number of carbonyl (C=O) groups excluding carboxylic acids is 1. The van der Waals surface area contributed by atoms with E-state index >= 15 is 0 Å². The predicted octanol–water partition coefficient (Wildman–Crippen LogP) is 1.57. The molecule has 1 aromatic rings. The van der Waals surface area contributed by atoms with E-state index < -0.39 is 5.91 Å². The molecule has 0 radical (unpaired) electrons. The number of pyridine rings is 1. The molecular weight excluding hydrogens is 316 g/mol. The molecule has 3 fully saturated rings. The van der Waals surface area contributed by atoms with Crippen molar-refractivity contribution in [3.05, 3.63) is 29.1 Å². The minimum absolute atomic E-state index is 0.433. The summed E-state index contributed by atoms with van der Waals surface area (Å²) in [6, 6.07) is 4.32. The van der Waals surface area contributed by atoms with Crippen molar-refractivity contribution in [3.63, 3.8) is 0 Å². The maximum Gasteiger partial charge on any atom is 0.276 e. The number of amides is 1. The molecule has 1 amide bonds. The minimum Gasteiger partial charge on any atom is -0.297 e. The number of hydroxylamine groups is 1. The number of hydrogen-bond acceptors (Lipinski definition) is 5. The second-order valence-electron chi connectivity index (χ2n) is 8.23. The van der Waals surface area contributed by atoms with Crippen LogP contribution >= 0.6 is 0 Å². The van der Waals surface area contributed by atoms with Crippen LogP contribution in [0.3, 0.4) is 0 Å². The molecule has 4 aliphatic rings. The van der Waals surface area contributed by atoms with Crippen LogP contribution in [0.4, 0.5) is 0 Å². The molecule has 2 saturated carbocycles. The summed E-state index contributed by atoms with van der Waals surface area (Å²) in [7, 11) is 0. The van der Waals surface area contributed by atoms with E-state index in [2.05, 4.69) is 14.8 Å². The highest BCUT2D eigenvalue weighted by atomic mass is 16.5. The van der Waals surface area contributed by atoms with E-state index in [0.29, 0.717) is 5.56 Å². The third kappa shape index (κ3) is 2.76. The van der Waals surface area contributed by atoms with Crippen LogP contribution in [0.2, 0.25) is 0 Å². The summed E-state index contributed by atoms with van der Waals surface area (Å²) < 4.78 is 0. The zero-order chi connectivity index (χ0) is 17.0. The van der Waals surface area contributed by atoms with Crippen LogP contribution in [0.1, 0.15) is 53.7 Å². The molecule has 6 nitrogen and oxygen atoms in total. The van der Waals surface area contributed by atoms with Crippen LogP contribution in [0.25, 0.3) is 0 Å². The molecule has 25 heavy (non-hydrogen) atoms. The van der Waals surface area contributed by atoms with E-state index in [1.54, 1.807) is 11.7 Å². The van der Waals surface area contributed by atoms with Gasteiger partial charge < -0.3 is 0 Å². The molecule has 0 spiro atoms. The lowest BCUT2D eigenvalue weighted by Gasteiger charge is -2.39. The number of nitrogens with zero attached hydrogens (tertiary/aromatic N) is 3. The summed E-state index contributed by atoms with van der Waals surface area (Å²) in [5, 5.41) is 8.84. The first-order valence-corrected chi connectivity index (χ1v) is 9.65. The molecule has 134 valence electrons. The zero-order valence-corrected chi connectivity index (χ0v) is 14.5. The van der Waals surface area contributed by atoms with Gasteiger partial charge in [-0.3, -0.25) is 24.8 Å². The second-order valence-corrected chi connectivity index (χ2v) is 8.23. The number of piperidine rings is 1. The molecule has 2 aliphatic heterocycles. The number of nitrogens with one attached hydrogen (secondary N) is 1. The SMILES string of the molecule is O=C(NO)c1cnc2c(c1)CN(CC1C3CCC(C3)N1C1CC1)CC2. The fourth-order valence-corrected chi connectivity index (χ4v) is 5.40. The summed E-state index contributed by atoms with van der Waals surface area (Å²) in [6.45, 7) is 3.06. The van der Waals surface area contributed by atoms with E-state index in [0.717, 1.165) is 61.4 Å². The Bertz CT molecular complexity index is 690. The first kappa shape index (κ1) is 15.7. The Morgan fingerprint density at radius 3 is 2.92 bits per heavy atom. The van der Waals surface area contributed by atoms with Crippen molar-refractivity contribution in [2.24, 2.45) is 5.92 Å². The van der Waals surface area contributed by atoms with Crippen LogP contribution < -0.4 is 5.48 Å². The summed E-state index contributed by atoms with van der Waals surface area (Å²) in [6.07, 6.45) is 9.52. The Kier molecular flexibility index (Phi) is 3.80. The number of aromatic nitrogens is 1. The van der Waals surface area contributed by atoms with Gasteiger partial charge in [-0.15, -0.1) is 0 Å². The maximum atomic E-state index is 11.6. The first-order valence-electron chi connectivity index (χ1n) is 9.65. The average Bonchev–Trinajstić information content (AvgIpc) is 3.28. The number of likely N-dealkylation sites (tertiary alicyclic amines) is 1. The van der Waals surface area contributed by atoms with E-state index in [-0.39, 0.29) is 0 Å². The van der Waals surface area contributed by atoms with Gasteiger partial charge in [0.2, 0.25) is 0 Å². The molecule has 2 aliphatic carbocycles. The van der Waals surface area contributed by atoms with Crippen molar-refractivity contribution >= 4 is 5.91 Å². The summed E-state index contributed by atoms with van der Waals surface area (Å²) in [5.41, 5.74) is 4.36. The van der Waals surface area contributed by atoms with Crippen molar-refractivity contribution < 1.29 is 10.0 Å². The van der Waals surface area contributed by atoms with Crippen molar-refractivity contribution in [2.75, 3.05) is 13.1 Å². The monoisotopic (exact) mass is 342 g/mol. The summed E-state index contributed by atoms with van der Waals surface area (Å²) in [5.74, 6) is 0.400. The van der Waals surface area contributed by atoms with Gasteiger partial charge in [-0.25, -0.2) is 5.48 Å². The molecule has 5 rings (SSSR count). The molecule has 3 atom stereocenters. The van der Waals surface area contributed by atoms with E-state index in [9.17, 15) is 4.79 Å². The Balaban J connectivity index is 1.31. The van der Waals surface area contributed by atoms with E-state index in [1.165, 1.54) is 32.1 Å². The fraction of sp³-hybridized carbons (Fsp3) is 0.684. The predicted molar refractivity (Wildman–Crippen MR) is 92.2 cm³/mol. The maximum absolute atomic E-state index is 11.6. The Hall–Kier alpha value is -1.50. The van der Waals surface area contributed by atoms with Gasteiger partial charge in [0, 0.05) is 56.1 Å². The third-order valence-electron chi connectivity index (χ3n) is 6.69. The van der Waals surface area contributed by atoms with Crippen LogP contribution in [0, 0.1) is 5.92 Å². The third-order valence-corrected chi connectivity index (χ3v) is 6.69. The molecular formula is C19H26N4O2. The number of rotatable bonds is 4. The van der Waals surface area contributed by atoms with E-state index in [4.69, 9.17) is 5.21 Å². The molecule has 1 saturated heterocycles. The molecule has 2 bridgehead atoms. The van der Waals surface area contributed by atoms with Crippen molar-refractivity contribution in [1.29, 1.82) is 0 Å². The lowest BCUT2D eigenvalue weighted by molar-refractivity contribution is 0.0704. The Morgan fingerprint density at radius 1 is 1.28 bits per heavy atom. The highest BCUT2D eigenvalue weighted by Gasteiger charge is 2.51. The molecule has 3 unspecified atom stereocenters. The van der Waals surface area contributed by atoms with E-state index in [1.807, 2.05) is 6.07 Å². The van der Waals surface area contributed by atoms with Crippen LogP contribution in [0.15, 0.2) is 12.3 Å². The summed E-state index contributed by atoms with van der Waals surface area (Å²) >= 11 is 0.